The summed E-state index contributed by atoms with van der Waals surface area (Å²) in [5.74, 6) is 0.770. The molecule has 5 heteroatoms. The molecule has 2 N–H and O–H groups in total. The van der Waals surface area contributed by atoms with Crippen molar-refractivity contribution in [1.29, 1.82) is 5.26 Å². The molecule has 1 unspecified atom stereocenters. The number of methoxy groups -OCH3 is 1. The molecule has 1 aliphatic heterocycles. The van der Waals surface area contributed by atoms with Crippen molar-refractivity contribution >= 4 is 22.8 Å². The Labute approximate surface area is 128 Å². The van der Waals surface area contributed by atoms with E-state index in [-0.39, 0.29) is 4.59 Å². The van der Waals surface area contributed by atoms with Crippen LogP contribution in [0.25, 0.3) is 0 Å². The largest absolute Gasteiger partial charge is 0.497 e. The number of rotatable bonds is 3. The van der Waals surface area contributed by atoms with Gasteiger partial charge in [0.25, 0.3) is 0 Å². The van der Waals surface area contributed by atoms with E-state index in [1.165, 1.54) is 0 Å². The molecule has 0 amide bonds. The van der Waals surface area contributed by atoms with Crippen LogP contribution in [0.3, 0.4) is 0 Å². The van der Waals surface area contributed by atoms with Crippen LogP contribution in [0.4, 0.5) is 17.1 Å². The lowest BCUT2D eigenvalue weighted by atomic mass is 10.2. The predicted molar refractivity (Wildman–Crippen MR) is 87.5 cm³/mol. The fourth-order valence-electron chi connectivity index (χ4n) is 2.42. The second-order valence-electron chi connectivity index (χ2n) is 4.89. The summed E-state index contributed by atoms with van der Waals surface area (Å²) in [7, 11) is 1.63. The Morgan fingerprint density at radius 1 is 1.05 bits per heavy atom. The molecule has 5 nitrogen and oxygen atoms in total. The van der Waals surface area contributed by atoms with Crippen LogP contribution in [-0.4, -0.2) is 12.8 Å². The Hall–Kier alpha value is -3.10. The van der Waals surface area contributed by atoms with E-state index in [1.54, 1.807) is 13.2 Å². The smallest absolute Gasteiger partial charge is 0.202 e. The van der Waals surface area contributed by atoms with E-state index in [4.69, 9.17) is 15.7 Å². The molecule has 0 spiro atoms. The minimum absolute atomic E-state index is 0.104. The molecule has 0 saturated heterocycles. The molecular weight excluding hydrogens is 276 g/mol. The number of hydrogen-bond donors (Lipinski definition) is 1. The first-order valence-corrected chi connectivity index (χ1v) is 6.77. The van der Waals surface area contributed by atoms with E-state index < -0.39 is 0 Å². The van der Waals surface area contributed by atoms with Gasteiger partial charge < -0.3 is 10.5 Å². The number of anilines is 1. The molecular formula is C17H15N4O+. The van der Waals surface area contributed by atoms with Gasteiger partial charge in [0.1, 0.15) is 18.0 Å². The van der Waals surface area contributed by atoms with Gasteiger partial charge in [-0.05, 0) is 24.3 Å². The first kappa shape index (κ1) is 13.9. The summed E-state index contributed by atoms with van der Waals surface area (Å²) in [5, 5.41) is 13.7. The second kappa shape index (κ2) is 5.35. The van der Waals surface area contributed by atoms with Crippen molar-refractivity contribution in [1.82, 2.24) is 4.59 Å². The number of nitriles is 1. The third-order valence-corrected chi connectivity index (χ3v) is 3.58. The summed E-state index contributed by atoms with van der Waals surface area (Å²) in [4.78, 5) is 0. The van der Waals surface area contributed by atoms with E-state index >= 15 is 0 Å². The zero-order valence-corrected chi connectivity index (χ0v) is 12.1. The Morgan fingerprint density at radius 3 is 2.14 bits per heavy atom. The lowest BCUT2D eigenvalue weighted by molar-refractivity contribution is 0.414. The zero-order valence-electron chi connectivity index (χ0n) is 12.1. The van der Waals surface area contributed by atoms with Crippen molar-refractivity contribution in [3.8, 4) is 11.8 Å². The molecule has 0 fully saturated rings. The van der Waals surface area contributed by atoms with Gasteiger partial charge in [-0.1, -0.05) is 5.10 Å². The SMILES string of the molecule is COc1ccc([N+]2(c3ccc(N)cc3)C=CC(C#N)=N2)cc1. The van der Waals surface area contributed by atoms with Gasteiger partial charge in [-0.2, -0.15) is 5.26 Å². The molecule has 2 aromatic rings. The van der Waals surface area contributed by atoms with Gasteiger partial charge in [-0.25, -0.2) is 0 Å². The van der Waals surface area contributed by atoms with Gasteiger partial charge in [0.15, 0.2) is 11.4 Å². The summed E-state index contributed by atoms with van der Waals surface area (Å²) in [6.07, 6.45) is 3.60. The van der Waals surface area contributed by atoms with Gasteiger partial charge in [0.2, 0.25) is 5.71 Å². The second-order valence-corrected chi connectivity index (χ2v) is 4.89. The molecule has 3 rings (SSSR count). The van der Waals surface area contributed by atoms with Crippen molar-refractivity contribution in [2.75, 3.05) is 12.8 Å². The van der Waals surface area contributed by atoms with Crippen molar-refractivity contribution in [3.63, 3.8) is 0 Å². The molecule has 1 aliphatic rings. The van der Waals surface area contributed by atoms with Crippen LogP contribution in [0.2, 0.25) is 0 Å². The first-order valence-electron chi connectivity index (χ1n) is 6.77. The van der Waals surface area contributed by atoms with E-state index in [2.05, 4.69) is 11.2 Å². The maximum Gasteiger partial charge on any atom is 0.202 e. The van der Waals surface area contributed by atoms with Crippen LogP contribution in [0.1, 0.15) is 0 Å². The average molecular weight is 291 g/mol. The summed E-state index contributed by atoms with van der Waals surface area (Å²) in [6.45, 7) is 0. The van der Waals surface area contributed by atoms with Gasteiger partial charge in [-0.3, -0.25) is 0 Å². The highest BCUT2D eigenvalue weighted by Gasteiger charge is 2.36. The lowest BCUT2D eigenvalue weighted by Crippen LogP contribution is -2.30. The Morgan fingerprint density at radius 2 is 1.64 bits per heavy atom. The highest BCUT2D eigenvalue weighted by atomic mass is 16.5. The van der Waals surface area contributed by atoms with Crippen LogP contribution in [0.5, 0.6) is 5.75 Å². The summed E-state index contributed by atoms with van der Waals surface area (Å²) in [6, 6.07) is 17.2. The lowest BCUT2D eigenvalue weighted by Gasteiger charge is -2.25. The standard InChI is InChI=1S/C17H15N4O/c1-22-17-8-6-16(7-9-17)21(11-10-14(12-18)20-21)15-4-2-13(19)3-5-15/h2-11H,19H2,1H3/q+1. The molecule has 0 aromatic heterocycles. The molecule has 0 bridgehead atoms. The Bertz CT molecular complexity index is 785. The molecule has 0 radical (unpaired) electrons. The van der Waals surface area contributed by atoms with E-state index in [1.807, 2.05) is 54.7 Å². The van der Waals surface area contributed by atoms with Crippen LogP contribution < -0.4 is 15.1 Å². The van der Waals surface area contributed by atoms with Crippen molar-refractivity contribution in [2.45, 2.75) is 0 Å². The summed E-state index contributed by atoms with van der Waals surface area (Å²) >= 11 is 0. The van der Waals surface area contributed by atoms with Gasteiger partial charge in [-0.15, -0.1) is 4.59 Å². The monoisotopic (exact) mass is 291 g/mol. The number of quaternary nitrogens is 1. The molecule has 2 aromatic carbocycles. The third-order valence-electron chi connectivity index (χ3n) is 3.58. The van der Waals surface area contributed by atoms with Crippen LogP contribution in [0.15, 0.2) is 65.9 Å². The van der Waals surface area contributed by atoms with Crippen molar-refractivity contribution in [3.05, 3.63) is 60.8 Å². The first-order chi connectivity index (χ1) is 10.7. The van der Waals surface area contributed by atoms with E-state index in [9.17, 15) is 0 Å². The normalized spacial score (nSPS) is 19.5. The number of allylic oxidation sites excluding steroid dienone is 1. The Balaban J connectivity index is 2.16. The molecule has 108 valence electrons. The topological polar surface area (TPSA) is 71.4 Å². The highest BCUT2D eigenvalue weighted by molar-refractivity contribution is 6.09. The van der Waals surface area contributed by atoms with Crippen LogP contribution in [-0.2, 0) is 0 Å². The summed E-state index contributed by atoms with van der Waals surface area (Å²) < 4.78 is 5.30. The fraction of sp³-hybridized carbons (Fsp3) is 0.0588. The Kier molecular flexibility index (Phi) is 3.37. The molecule has 1 heterocycles. The van der Waals surface area contributed by atoms with Gasteiger partial charge in [0, 0.05) is 36.0 Å². The number of nitrogens with two attached hydrogens (primary N) is 1. The maximum absolute atomic E-state index is 9.14. The van der Waals surface area contributed by atoms with Crippen molar-refractivity contribution < 1.29 is 4.74 Å². The molecule has 1 atom stereocenters. The van der Waals surface area contributed by atoms with Crippen LogP contribution >= 0.6 is 0 Å². The number of nitrogens with zero attached hydrogens (tertiary/aromatic N) is 3. The number of hydrogen-bond acceptors (Lipinski definition) is 4. The highest BCUT2D eigenvalue weighted by Crippen LogP contribution is 2.39. The van der Waals surface area contributed by atoms with Crippen molar-refractivity contribution in [2.24, 2.45) is 5.10 Å². The molecule has 0 saturated carbocycles. The zero-order chi connectivity index (χ0) is 15.6. The average Bonchev–Trinajstić information content (AvgIpc) is 3.01. The maximum atomic E-state index is 9.14. The minimum atomic E-state index is 0.104. The van der Waals surface area contributed by atoms with Crippen LogP contribution in [0, 0.1) is 11.3 Å². The van der Waals surface area contributed by atoms with Gasteiger partial charge >= 0.3 is 0 Å². The quantitative estimate of drug-likeness (QED) is 0.696. The third kappa shape index (κ3) is 2.22. The number of benzene rings is 2. The minimum Gasteiger partial charge on any atom is -0.497 e. The van der Waals surface area contributed by atoms with Gasteiger partial charge in [0.05, 0.1) is 7.11 Å². The molecule has 22 heavy (non-hydrogen) atoms. The van der Waals surface area contributed by atoms with E-state index in [0.29, 0.717) is 11.4 Å². The fourth-order valence-corrected chi connectivity index (χ4v) is 2.42. The number of ether oxygens (including phenoxy) is 1. The number of nitrogen functional groups attached to an aromatic ring is 1. The predicted octanol–water partition coefficient (Wildman–Crippen LogP) is 3.32. The summed E-state index contributed by atoms with van der Waals surface area (Å²) in [5.41, 5.74) is 8.65. The molecule has 0 aliphatic carbocycles. The van der Waals surface area contributed by atoms with E-state index in [0.717, 1.165) is 17.1 Å².